The first kappa shape index (κ1) is 35.4. The molecule has 1 aromatic rings. The molecule has 10 nitrogen and oxygen atoms in total. The Labute approximate surface area is 273 Å². The van der Waals surface area contributed by atoms with Crippen molar-refractivity contribution in [3.05, 3.63) is 61.2 Å². The van der Waals surface area contributed by atoms with Crippen molar-refractivity contribution < 1.29 is 33.8 Å². The molecule has 3 fully saturated rings. The minimum atomic E-state index is -1.13. The summed E-state index contributed by atoms with van der Waals surface area (Å²) in [6, 6.07) is 7.84. The lowest BCUT2D eigenvalue weighted by atomic mass is 9.70. The zero-order chi connectivity index (χ0) is 33.3. The molecule has 252 valence electrons. The van der Waals surface area contributed by atoms with Crippen LogP contribution in [0.1, 0.15) is 83.3 Å². The van der Waals surface area contributed by atoms with E-state index < -0.39 is 47.7 Å². The van der Waals surface area contributed by atoms with Crippen LogP contribution in [0, 0.1) is 11.8 Å². The lowest BCUT2D eigenvalue weighted by Crippen LogP contribution is -2.56. The maximum absolute atomic E-state index is 14.3. The third kappa shape index (κ3) is 7.39. The number of esters is 1. The van der Waals surface area contributed by atoms with E-state index in [1.165, 1.54) is 0 Å². The Balaban J connectivity index is 1.63. The minimum Gasteiger partial charge on any atom is -0.455 e. The molecule has 46 heavy (non-hydrogen) atoms. The van der Waals surface area contributed by atoms with E-state index in [9.17, 15) is 24.3 Å². The van der Waals surface area contributed by atoms with Crippen LogP contribution in [-0.4, -0.2) is 88.6 Å². The first-order valence-corrected chi connectivity index (χ1v) is 16.9. The Hall–Kier alpha value is -3.50. The highest BCUT2D eigenvalue weighted by Crippen LogP contribution is 2.59. The van der Waals surface area contributed by atoms with Crippen LogP contribution in [0.3, 0.4) is 0 Å². The summed E-state index contributed by atoms with van der Waals surface area (Å²) in [5, 5.41) is 12.3. The zero-order valence-corrected chi connectivity index (χ0v) is 27.4. The van der Waals surface area contributed by atoms with Crippen LogP contribution in [0.25, 0.3) is 0 Å². The van der Waals surface area contributed by atoms with Gasteiger partial charge in [-0.2, -0.15) is 0 Å². The fraction of sp³-hybridized carbons (Fsp3) is 0.611. The van der Waals surface area contributed by atoms with Crippen LogP contribution >= 0.6 is 0 Å². The van der Waals surface area contributed by atoms with Gasteiger partial charge in [0.15, 0.2) is 0 Å². The molecular formula is C36H51N3O7. The second-order valence-corrected chi connectivity index (χ2v) is 12.8. The third-order valence-electron chi connectivity index (χ3n) is 9.60. The predicted octanol–water partition coefficient (Wildman–Crippen LogP) is 4.09. The number of aliphatic hydroxyl groups excluding tert-OH is 1. The Morgan fingerprint density at radius 2 is 1.93 bits per heavy atom. The lowest BCUT2D eigenvalue weighted by molar-refractivity contribution is -0.162. The van der Waals surface area contributed by atoms with Gasteiger partial charge in [0.2, 0.25) is 17.7 Å². The van der Waals surface area contributed by atoms with E-state index in [1.807, 2.05) is 30.3 Å². The first-order chi connectivity index (χ1) is 22.2. The average Bonchev–Trinajstić information content (AvgIpc) is 3.70. The van der Waals surface area contributed by atoms with Gasteiger partial charge in [-0.05, 0) is 57.4 Å². The van der Waals surface area contributed by atoms with E-state index in [1.54, 1.807) is 28.9 Å². The highest BCUT2D eigenvalue weighted by atomic mass is 16.6. The van der Waals surface area contributed by atoms with Crippen molar-refractivity contribution in [2.45, 2.75) is 102 Å². The quantitative estimate of drug-likeness (QED) is 0.133. The molecule has 3 amide bonds. The summed E-state index contributed by atoms with van der Waals surface area (Å²) >= 11 is 0. The second-order valence-electron chi connectivity index (χ2n) is 12.8. The summed E-state index contributed by atoms with van der Waals surface area (Å²) in [5.41, 5.74) is -0.406. The number of nitrogens with zero attached hydrogens (tertiary/aromatic N) is 2. The summed E-state index contributed by atoms with van der Waals surface area (Å²) in [7, 11) is 0. The minimum absolute atomic E-state index is 0.0570. The molecule has 0 aliphatic carbocycles. The molecule has 1 aromatic carbocycles. The maximum atomic E-state index is 14.3. The molecule has 4 rings (SSSR count). The number of allylic oxidation sites excluding steroid dienone is 1. The van der Waals surface area contributed by atoms with E-state index in [4.69, 9.17) is 9.47 Å². The molecule has 3 saturated heterocycles. The van der Waals surface area contributed by atoms with Crippen LogP contribution in [0.15, 0.2) is 55.6 Å². The normalized spacial score (nSPS) is 25.9. The number of likely N-dealkylation sites (tertiary alicyclic amines) is 1. The molecule has 3 heterocycles. The topological polar surface area (TPSA) is 125 Å². The molecular weight excluding hydrogens is 586 g/mol. The molecule has 1 spiro atoms. The Morgan fingerprint density at radius 3 is 2.61 bits per heavy atom. The van der Waals surface area contributed by atoms with Crippen LogP contribution in [0.4, 0.5) is 0 Å². The van der Waals surface area contributed by atoms with Crippen molar-refractivity contribution >= 4 is 23.7 Å². The number of amides is 3. The van der Waals surface area contributed by atoms with Crippen molar-refractivity contribution in [1.82, 2.24) is 15.1 Å². The number of carbonyl (C=O) groups excluding carboxylic acids is 4. The molecule has 0 aromatic heterocycles. The number of aliphatic hydroxyl groups is 1. The zero-order valence-electron chi connectivity index (χ0n) is 27.4. The molecule has 0 radical (unpaired) electrons. The number of hydrogen-bond donors (Lipinski definition) is 2. The van der Waals surface area contributed by atoms with Crippen molar-refractivity contribution in [1.29, 1.82) is 0 Å². The van der Waals surface area contributed by atoms with Gasteiger partial charge >= 0.3 is 5.97 Å². The highest BCUT2D eigenvalue weighted by Gasteiger charge is 2.75. The van der Waals surface area contributed by atoms with Crippen molar-refractivity contribution in [3.8, 4) is 0 Å². The molecule has 2 N–H and O–H groups in total. The average molecular weight is 638 g/mol. The molecule has 3 aliphatic heterocycles. The molecule has 0 unspecified atom stereocenters. The van der Waals surface area contributed by atoms with Crippen LogP contribution < -0.4 is 5.32 Å². The van der Waals surface area contributed by atoms with E-state index in [0.717, 1.165) is 18.4 Å². The van der Waals surface area contributed by atoms with Crippen LogP contribution in [-0.2, 0) is 28.7 Å². The SMILES string of the molecule is C=CCCC(=O)N[C@@H](C)[C@H](OC(=O)[C@@H]1[C@@H]2CC[C@]3(O2)[C@H](C(=O)N(CC=C)CCCC)N(CCCCCO)C(=O)[C@@H]13)c1ccccc1. The standard InChI is InChI=1S/C36H51N3O7/c1-5-8-18-28(41)37-25(4)31(26-16-12-10-13-17-26)45-35(44)29-27-19-20-36(46-27)30(29)33(42)39(23-14-11-15-24-40)32(36)34(43)38(21-7-3)22-9-6-2/h5,7,10,12-13,16-17,25,27,29-32,40H,1,3,6,8-9,11,14-15,18-24H2,2,4H3,(H,37,41)/t25-,27-,29+,30+,31-,32-,36+/m0/s1. The van der Waals surface area contributed by atoms with Crippen LogP contribution in [0.2, 0.25) is 0 Å². The van der Waals surface area contributed by atoms with Gasteiger partial charge in [0.25, 0.3) is 0 Å². The molecule has 2 bridgehead atoms. The number of nitrogens with one attached hydrogen (secondary N) is 1. The summed E-state index contributed by atoms with van der Waals surface area (Å²) in [5.74, 6) is -2.91. The summed E-state index contributed by atoms with van der Waals surface area (Å²) in [6.07, 6.45) is 7.50. The monoisotopic (exact) mass is 637 g/mol. The first-order valence-electron chi connectivity index (χ1n) is 16.9. The third-order valence-corrected chi connectivity index (χ3v) is 9.60. The highest BCUT2D eigenvalue weighted by molar-refractivity contribution is 5.98. The lowest BCUT2D eigenvalue weighted by Gasteiger charge is -2.37. The van der Waals surface area contributed by atoms with Gasteiger partial charge in [-0.25, -0.2) is 0 Å². The number of unbranched alkanes of at least 4 members (excludes halogenated alkanes) is 3. The molecule has 0 saturated carbocycles. The summed E-state index contributed by atoms with van der Waals surface area (Å²) < 4.78 is 12.8. The van der Waals surface area contributed by atoms with Crippen molar-refractivity contribution in [2.75, 3.05) is 26.2 Å². The van der Waals surface area contributed by atoms with Gasteiger partial charge in [-0.3, -0.25) is 19.2 Å². The summed E-state index contributed by atoms with van der Waals surface area (Å²) in [6.45, 7) is 12.7. The van der Waals surface area contributed by atoms with Gasteiger partial charge in [0.1, 0.15) is 17.7 Å². The van der Waals surface area contributed by atoms with E-state index in [0.29, 0.717) is 58.2 Å². The number of rotatable bonds is 19. The number of hydrogen-bond acceptors (Lipinski definition) is 7. The number of ether oxygens (including phenoxy) is 2. The molecule has 3 aliphatic rings. The van der Waals surface area contributed by atoms with Crippen molar-refractivity contribution in [2.24, 2.45) is 11.8 Å². The Morgan fingerprint density at radius 1 is 1.17 bits per heavy atom. The fourth-order valence-electron chi connectivity index (χ4n) is 7.42. The molecule has 7 atom stereocenters. The van der Waals surface area contributed by atoms with E-state index in [-0.39, 0.29) is 30.7 Å². The van der Waals surface area contributed by atoms with Gasteiger partial charge in [0, 0.05) is 32.7 Å². The second kappa shape index (κ2) is 16.4. The van der Waals surface area contributed by atoms with Gasteiger partial charge < -0.3 is 29.7 Å². The van der Waals surface area contributed by atoms with Crippen LogP contribution in [0.5, 0.6) is 0 Å². The fourth-order valence-corrected chi connectivity index (χ4v) is 7.42. The largest absolute Gasteiger partial charge is 0.455 e. The van der Waals surface area contributed by atoms with E-state index >= 15 is 0 Å². The Bertz CT molecular complexity index is 1240. The Kier molecular flexibility index (Phi) is 12.6. The van der Waals surface area contributed by atoms with Gasteiger partial charge in [0.05, 0.1) is 24.0 Å². The maximum Gasteiger partial charge on any atom is 0.313 e. The molecule has 10 heteroatoms. The number of benzene rings is 1. The smallest absolute Gasteiger partial charge is 0.313 e. The van der Waals surface area contributed by atoms with Gasteiger partial charge in [-0.1, -0.05) is 55.8 Å². The van der Waals surface area contributed by atoms with Gasteiger partial charge in [-0.15, -0.1) is 13.2 Å². The number of fused-ring (bicyclic) bond motifs is 1. The summed E-state index contributed by atoms with van der Waals surface area (Å²) in [4.78, 5) is 58.8. The van der Waals surface area contributed by atoms with E-state index in [2.05, 4.69) is 25.4 Å². The predicted molar refractivity (Wildman–Crippen MR) is 174 cm³/mol. The number of carbonyl (C=O) groups is 4. The van der Waals surface area contributed by atoms with Crippen molar-refractivity contribution in [3.63, 3.8) is 0 Å².